The first-order valence-electron chi connectivity index (χ1n) is 4.94. The molecule has 0 aliphatic rings. The maximum atomic E-state index is 12.2. The average molecular weight is 311 g/mol. The molecule has 0 heterocycles. The second-order valence-corrected chi connectivity index (χ2v) is 4.86. The Balaban J connectivity index is 2.48. The molecule has 2 N–H and O–H groups in total. The third-order valence-electron chi connectivity index (χ3n) is 2.38. The van der Waals surface area contributed by atoms with Crippen molar-refractivity contribution in [3.05, 3.63) is 63.1 Å². The number of ketones is 1. The monoisotopic (exact) mass is 309 g/mol. The Morgan fingerprint density at radius 1 is 1.12 bits per heavy atom. The van der Waals surface area contributed by atoms with E-state index in [1.54, 1.807) is 42.5 Å². The third kappa shape index (κ3) is 2.51. The van der Waals surface area contributed by atoms with Crippen LogP contribution in [0, 0.1) is 0 Å². The topological polar surface area (TPSA) is 43.1 Å². The number of para-hydroxylation sites is 1. The van der Waals surface area contributed by atoms with Crippen molar-refractivity contribution in [1.82, 2.24) is 0 Å². The fourth-order valence-electron chi connectivity index (χ4n) is 1.52. The second-order valence-electron chi connectivity index (χ2n) is 3.54. The number of nitrogen functional groups attached to an aromatic ring is 1. The summed E-state index contributed by atoms with van der Waals surface area (Å²) in [5.41, 5.74) is 7.14. The fraction of sp³-hybridized carbons (Fsp3) is 0. The van der Waals surface area contributed by atoms with E-state index in [1.165, 1.54) is 0 Å². The molecular weight excluding hydrogens is 302 g/mol. The molecule has 2 rings (SSSR count). The zero-order valence-electron chi connectivity index (χ0n) is 8.78. The lowest BCUT2D eigenvalue weighted by molar-refractivity contribution is 0.103. The number of anilines is 1. The zero-order valence-corrected chi connectivity index (χ0v) is 11.1. The molecule has 0 fully saturated rings. The first-order valence-corrected chi connectivity index (χ1v) is 6.11. The van der Waals surface area contributed by atoms with E-state index in [-0.39, 0.29) is 5.78 Å². The Labute approximate surface area is 113 Å². The highest BCUT2D eigenvalue weighted by molar-refractivity contribution is 9.10. The van der Waals surface area contributed by atoms with Crippen LogP contribution in [0.2, 0.25) is 5.02 Å². The predicted molar refractivity (Wildman–Crippen MR) is 73.4 cm³/mol. The van der Waals surface area contributed by atoms with Crippen LogP contribution in [-0.2, 0) is 0 Å². The van der Waals surface area contributed by atoms with Crippen LogP contribution >= 0.6 is 27.5 Å². The highest BCUT2D eigenvalue weighted by Gasteiger charge is 2.14. The summed E-state index contributed by atoms with van der Waals surface area (Å²) in [5.74, 6) is -0.166. The number of hydrogen-bond acceptors (Lipinski definition) is 2. The van der Waals surface area contributed by atoms with Gasteiger partial charge in [0.15, 0.2) is 5.78 Å². The van der Waals surface area contributed by atoms with E-state index in [0.717, 1.165) is 4.47 Å². The Hall–Kier alpha value is -1.32. The third-order valence-corrected chi connectivity index (χ3v) is 3.19. The molecule has 2 aromatic carbocycles. The van der Waals surface area contributed by atoms with E-state index in [2.05, 4.69) is 15.9 Å². The highest BCUT2D eigenvalue weighted by Crippen LogP contribution is 2.25. The Morgan fingerprint density at radius 2 is 1.82 bits per heavy atom. The van der Waals surface area contributed by atoms with Crippen molar-refractivity contribution in [2.24, 2.45) is 0 Å². The van der Waals surface area contributed by atoms with Crippen LogP contribution in [0.5, 0.6) is 0 Å². The summed E-state index contributed by atoms with van der Waals surface area (Å²) in [4.78, 5) is 12.2. The molecule has 0 saturated carbocycles. The van der Waals surface area contributed by atoms with E-state index in [1.807, 2.05) is 0 Å². The fourth-order valence-corrected chi connectivity index (χ4v) is 2.28. The first-order chi connectivity index (χ1) is 8.09. The standard InChI is InChI=1S/C13H9BrClNO/c14-8-5-6-9(11(15)7-8)13(17)10-3-1-2-4-12(10)16/h1-7H,16H2. The molecule has 0 amide bonds. The smallest absolute Gasteiger partial charge is 0.196 e. The summed E-state index contributed by atoms with van der Waals surface area (Å²) in [7, 11) is 0. The lowest BCUT2D eigenvalue weighted by atomic mass is 10.0. The minimum Gasteiger partial charge on any atom is -0.398 e. The van der Waals surface area contributed by atoms with Crippen molar-refractivity contribution < 1.29 is 4.79 Å². The summed E-state index contributed by atoms with van der Waals surface area (Å²) in [6.45, 7) is 0. The van der Waals surface area contributed by atoms with E-state index < -0.39 is 0 Å². The van der Waals surface area contributed by atoms with E-state index in [0.29, 0.717) is 21.8 Å². The summed E-state index contributed by atoms with van der Waals surface area (Å²) in [6, 6.07) is 12.1. The van der Waals surface area contributed by atoms with Crippen molar-refractivity contribution in [1.29, 1.82) is 0 Å². The average Bonchev–Trinajstić information content (AvgIpc) is 2.29. The number of benzene rings is 2. The van der Waals surface area contributed by atoms with Gasteiger partial charge in [0.2, 0.25) is 0 Å². The van der Waals surface area contributed by atoms with Crippen LogP contribution in [0.25, 0.3) is 0 Å². The Morgan fingerprint density at radius 3 is 2.47 bits per heavy atom. The molecule has 0 spiro atoms. The van der Waals surface area contributed by atoms with Crippen molar-refractivity contribution >= 4 is 39.0 Å². The van der Waals surface area contributed by atoms with Crippen LogP contribution in [-0.4, -0.2) is 5.78 Å². The quantitative estimate of drug-likeness (QED) is 0.675. The molecular formula is C13H9BrClNO. The second kappa shape index (κ2) is 4.90. The normalized spacial score (nSPS) is 10.2. The summed E-state index contributed by atoms with van der Waals surface area (Å²) in [6.07, 6.45) is 0. The lowest BCUT2D eigenvalue weighted by Gasteiger charge is -2.06. The molecule has 0 atom stereocenters. The number of nitrogens with two attached hydrogens (primary N) is 1. The van der Waals surface area contributed by atoms with Crippen LogP contribution in [0.1, 0.15) is 15.9 Å². The molecule has 0 aliphatic carbocycles. The van der Waals surface area contributed by atoms with E-state index >= 15 is 0 Å². The molecule has 2 aromatic rings. The Kier molecular flexibility index (Phi) is 3.50. The van der Waals surface area contributed by atoms with Crippen LogP contribution in [0.3, 0.4) is 0 Å². The predicted octanol–water partition coefficient (Wildman–Crippen LogP) is 3.92. The van der Waals surface area contributed by atoms with Crippen molar-refractivity contribution in [2.75, 3.05) is 5.73 Å². The van der Waals surface area contributed by atoms with Crippen LogP contribution in [0.4, 0.5) is 5.69 Å². The number of halogens is 2. The van der Waals surface area contributed by atoms with Gasteiger partial charge in [-0.15, -0.1) is 0 Å². The molecule has 0 radical (unpaired) electrons. The summed E-state index contributed by atoms with van der Waals surface area (Å²) >= 11 is 9.33. The lowest BCUT2D eigenvalue weighted by Crippen LogP contribution is -2.05. The maximum Gasteiger partial charge on any atom is 0.196 e. The van der Waals surface area contributed by atoms with E-state index in [9.17, 15) is 4.79 Å². The molecule has 0 aromatic heterocycles. The molecule has 0 aliphatic heterocycles. The minimum atomic E-state index is -0.166. The van der Waals surface area contributed by atoms with Gasteiger partial charge in [-0.05, 0) is 30.3 Å². The molecule has 17 heavy (non-hydrogen) atoms. The van der Waals surface area contributed by atoms with Crippen molar-refractivity contribution in [3.8, 4) is 0 Å². The van der Waals surface area contributed by atoms with Gasteiger partial charge in [-0.2, -0.15) is 0 Å². The maximum absolute atomic E-state index is 12.2. The van der Waals surface area contributed by atoms with E-state index in [4.69, 9.17) is 17.3 Å². The van der Waals surface area contributed by atoms with Gasteiger partial charge in [-0.1, -0.05) is 39.7 Å². The zero-order chi connectivity index (χ0) is 12.4. The number of carbonyl (C=O) groups excluding carboxylic acids is 1. The molecule has 0 saturated heterocycles. The molecule has 4 heteroatoms. The van der Waals surface area contributed by atoms with Gasteiger partial charge in [0.05, 0.1) is 5.02 Å². The number of carbonyl (C=O) groups is 1. The largest absolute Gasteiger partial charge is 0.398 e. The minimum absolute atomic E-state index is 0.166. The van der Waals surface area contributed by atoms with Gasteiger partial charge in [-0.3, -0.25) is 4.79 Å². The highest BCUT2D eigenvalue weighted by atomic mass is 79.9. The van der Waals surface area contributed by atoms with Gasteiger partial charge in [-0.25, -0.2) is 0 Å². The van der Waals surface area contributed by atoms with Crippen LogP contribution in [0.15, 0.2) is 46.9 Å². The first kappa shape index (κ1) is 12.1. The van der Waals surface area contributed by atoms with Crippen molar-refractivity contribution in [3.63, 3.8) is 0 Å². The van der Waals surface area contributed by atoms with Gasteiger partial charge < -0.3 is 5.73 Å². The molecule has 0 bridgehead atoms. The summed E-state index contributed by atoms with van der Waals surface area (Å²) < 4.78 is 0.833. The SMILES string of the molecule is Nc1ccccc1C(=O)c1ccc(Br)cc1Cl. The van der Waals surface area contributed by atoms with Crippen molar-refractivity contribution in [2.45, 2.75) is 0 Å². The summed E-state index contributed by atoms with van der Waals surface area (Å²) in [5, 5.41) is 0.410. The molecule has 0 unspecified atom stereocenters. The van der Waals surface area contributed by atoms with Gasteiger partial charge in [0.1, 0.15) is 0 Å². The number of rotatable bonds is 2. The molecule has 2 nitrogen and oxygen atoms in total. The Bertz CT molecular complexity index is 583. The number of hydrogen-bond donors (Lipinski definition) is 1. The van der Waals surface area contributed by atoms with Crippen LogP contribution < -0.4 is 5.73 Å². The van der Waals surface area contributed by atoms with Gasteiger partial charge in [0, 0.05) is 21.3 Å². The molecule has 86 valence electrons. The van der Waals surface area contributed by atoms with Gasteiger partial charge in [0.25, 0.3) is 0 Å². The van der Waals surface area contributed by atoms with Gasteiger partial charge >= 0.3 is 0 Å².